The fourth-order valence-corrected chi connectivity index (χ4v) is 6.12. The van der Waals surface area contributed by atoms with Gasteiger partial charge in [0.1, 0.15) is 11.9 Å². The van der Waals surface area contributed by atoms with Gasteiger partial charge in [-0.3, -0.25) is 9.69 Å². The number of methoxy groups -OCH3 is 1. The molecule has 8 nitrogen and oxygen atoms in total. The number of unbranched alkanes of at least 4 members (excludes halogenated alkanes) is 4. The molecule has 4 atom stereocenters. The van der Waals surface area contributed by atoms with Crippen molar-refractivity contribution in [2.75, 3.05) is 53.2 Å². The number of hydrogen-bond donors (Lipinski definition) is 0. The first kappa shape index (κ1) is 28.8. The molecule has 8 heteroatoms. The summed E-state index contributed by atoms with van der Waals surface area (Å²) in [6.45, 7) is 6.70. The van der Waals surface area contributed by atoms with Crippen LogP contribution in [-0.2, 0) is 41.4 Å². The van der Waals surface area contributed by atoms with E-state index < -0.39 is 5.97 Å². The molecule has 0 unspecified atom stereocenters. The number of morpholine rings is 1. The summed E-state index contributed by atoms with van der Waals surface area (Å²) in [5.74, 6) is 0.842. The van der Waals surface area contributed by atoms with Crippen molar-refractivity contribution in [3.63, 3.8) is 0 Å². The largest absolute Gasteiger partial charge is 0.482 e. The molecule has 2 aliphatic carbocycles. The van der Waals surface area contributed by atoms with Crippen molar-refractivity contribution in [2.24, 2.45) is 11.8 Å². The summed E-state index contributed by atoms with van der Waals surface area (Å²) in [4.78, 5) is 26.8. The third-order valence-electron chi connectivity index (χ3n) is 8.23. The lowest BCUT2D eigenvalue weighted by Gasteiger charge is -2.32. The maximum atomic E-state index is 12.9. The molecule has 0 aromatic heterocycles. The van der Waals surface area contributed by atoms with Crippen LogP contribution in [0, 0.1) is 11.8 Å². The molecule has 4 rings (SSSR count). The number of esters is 2. The van der Waals surface area contributed by atoms with Crippen molar-refractivity contribution in [1.82, 2.24) is 4.90 Å². The summed E-state index contributed by atoms with van der Waals surface area (Å²) in [6.07, 6.45) is 8.47. The average Bonchev–Trinajstić information content (AvgIpc) is 3.27. The molecule has 3 aliphatic rings. The zero-order valence-corrected chi connectivity index (χ0v) is 23.2. The predicted molar refractivity (Wildman–Crippen MR) is 143 cm³/mol. The Bertz CT molecular complexity index is 901. The van der Waals surface area contributed by atoms with Crippen LogP contribution < -0.4 is 4.74 Å². The topological polar surface area (TPSA) is 83.5 Å². The molecular weight excluding hydrogens is 486 g/mol. The van der Waals surface area contributed by atoms with Gasteiger partial charge < -0.3 is 23.7 Å². The lowest BCUT2D eigenvalue weighted by molar-refractivity contribution is -0.157. The monoisotopic (exact) mass is 531 g/mol. The number of rotatable bonds is 14. The molecule has 1 heterocycles. The van der Waals surface area contributed by atoms with Gasteiger partial charge in [0.05, 0.1) is 32.8 Å². The number of hydrogen-bond acceptors (Lipinski definition) is 8. The fourth-order valence-electron chi connectivity index (χ4n) is 6.12. The molecular formula is C30H45NO7. The number of fused-ring (bicyclic) bond motifs is 2. The molecule has 0 spiro atoms. The van der Waals surface area contributed by atoms with Gasteiger partial charge in [0.15, 0.2) is 6.61 Å². The Morgan fingerprint density at radius 1 is 1.05 bits per heavy atom. The van der Waals surface area contributed by atoms with Crippen LogP contribution in [-0.4, -0.2) is 82.2 Å². The molecule has 212 valence electrons. The summed E-state index contributed by atoms with van der Waals surface area (Å²) in [7, 11) is 1.36. The van der Waals surface area contributed by atoms with E-state index in [1.165, 1.54) is 38.4 Å². The highest BCUT2D eigenvalue weighted by Gasteiger charge is 2.48. The maximum Gasteiger partial charge on any atom is 0.343 e. The Labute approximate surface area is 227 Å². The number of ether oxygens (including phenoxy) is 5. The van der Waals surface area contributed by atoms with Crippen LogP contribution in [0.4, 0.5) is 0 Å². The van der Waals surface area contributed by atoms with Gasteiger partial charge in [0.2, 0.25) is 0 Å². The molecule has 2 fully saturated rings. The summed E-state index contributed by atoms with van der Waals surface area (Å²) in [6, 6.07) is 6.04. The Morgan fingerprint density at radius 3 is 2.66 bits per heavy atom. The van der Waals surface area contributed by atoms with E-state index in [2.05, 4.69) is 17.9 Å². The summed E-state index contributed by atoms with van der Waals surface area (Å²) in [5.41, 5.74) is 2.37. The van der Waals surface area contributed by atoms with Gasteiger partial charge in [-0.2, -0.15) is 0 Å². The smallest absolute Gasteiger partial charge is 0.343 e. The van der Waals surface area contributed by atoms with Crippen LogP contribution in [0.3, 0.4) is 0 Å². The van der Waals surface area contributed by atoms with Crippen molar-refractivity contribution >= 4 is 11.9 Å². The minimum atomic E-state index is -0.395. The summed E-state index contributed by atoms with van der Waals surface area (Å²) >= 11 is 0. The second-order valence-electron chi connectivity index (χ2n) is 10.8. The second kappa shape index (κ2) is 14.8. The van der Waals surface area contributed by atoms with E-state index in [9.17, 15) is 9.59 Å². The van der Waals surface area contributed by atoms with Crippen LogP contribution in [0.2, 0.25) is 0 Å². The highest BCUT2D eigenvalue weighted by atomic mass is 16.6. The molecule has 1 aromatic rings. The summed E-state index contributed by atoms with van der Waals surface area (Å²) in [5, 5.41) is 0. The molecule has 1 aliphatic heterocycles. The molecule has 0 bridgehead atoms. The van der Waals surface area contributed by atoms with E-state index in [0.717, 1.165) is 63.3 Å². The van der Waals surface area contributed by atoms with Crippen molar-refractivity contribution in [1.29, 1.82) is 0 Å². The Hall–Kier alpha value is -2.16. The van der Waals surface area contributed by atoms with Gasteiger partial charge in [0.25, 0.3) is 0 Å². The van der Waals surface area contributed by atoms with E-state index in [0.29, 0.717) is 31.4 Å². The number of carbonyl (C=O) groups is 2. The molecule has 1 aromatic carbocycles. The molecule has 1 saturated heterocycles. The van der Waals surface area contributed by atoms with Crippen LogP contribution in [0.1, 0.15) is 63.0 Å². The van der Waals surface area contributed by atoms with Crippen molar-refractivity contribution in [2.45, 2.75) is 76.9 Å². The average molecular weight is 532 g/mol. The third kappa shape index (κ3) is 7.93. The lowest BCUT2D eigenvalue weighted by Crippen LogP contribution is -2.39. The highest BCUT2D eigenvalue weighted by molar-refractivity contribution is 5.71. The highest BCUT2D eigenvalue weighted by Crippen LogP contribution is 2.46. The number of benzene rings is 1. The Kier molecular flexibility index (Phi) is 11.3. The zero-order valence-electron chi connectivity index (χ0n) is 23.2. The van der Waals surface area contributed by atoms with Crippen LogP contribution in [0.5, 0.6) is 5.75 Å². The maximum absolute atomic E-state index is 12.9. The third-order valence-corrected chi connectivity index (χ3v) is 8.23. The first-order valence-corrected chi connectivity index (χ1v) is 14.5. The van der Waals surface area contributed by atoms with Crippen LogP contribution in [0.15, 0.2) is 18.2 Å². The minimum Gasteiger partial charge on any atom is -0.482 e. The first-order chi connectivity index (χ1) is 18.6. The van der Waals surface area contributed by atoms with Crippen LogP contribution >= 0.6 is 0 Å². The molecule has 0 N–H and O–H groups in total. The molecule has 1 saturated carbocycles. The van der Waals surface area contributed by atoms with Gasteiger partial charge in [-0.15, -0.1) is 0 Å². The standard InChI is InChI=1S/C30H45NO7/c1-3-4-5-6-7-15-36-30-25-18-22-9-8-10-26(37-21-29(33)34-2)24(22)19-23(25)20-27(30)38-28(32)11-12-31-13-16-35-17-14-31/h8-10,23,25,27,30H,3-7,11-21H2,1-2H3/t23-,25-,27+,30+/m0/s1. The zero-order chi connectivity index (χ0) is 26.7. The number of nitrogens with zero attached hydrogens (tertiary/aromatic N) is 1. The van der Waals surface area contributed by atoms with E-state index in [4.69, 9.17) is 23.7 Å². The van der Waals surface area contributed by atoms with Gasteiger partial charge in [-0.1, -0.05) is 44.7 Å². The summed E-state index contributed by atoms with van der Waals surface area (Å²) < 4.78 is 28.6. The molecule has 0 radical (unpaired) electrons. The Balaban J connectivity index is 1.39. The van der Waals surface area contributed by atoms with Crippen molar-refractivity contribution in [3.05, 3.63) is 29.3 Å². The second-order valence-corrected chi connectivity index (χ2v) is 10.8. The van der Waals surface area contributed by atoms with Gasteiger partial charge in [-0.05, 0) is 54.7 Å². The first-order valence-electron chi connectivity index (χ1n) is 14.5. The Morgan fingerprint density at radius 2 is 1.87 bits per heavy atom. The number of carbonyl (C=O) groups excluding carboxylic acids is 2. The van der Waals surface area contributed by atoms with Crippen LogP contribution in [0.25, 0.3) is 0 Å². The minimum absolute atomic E-state index is 0.0914. The lowest BCUT2D eigenvalue weighted by atomic mass is 9.77. The van der Waals surface area contributed by atoms with Gasteiger partial charge in [-0.25, -0.2) is 4.79 Å². The van der Waals surface area contributed by atoms with Gasteiger partial charge >= 0.3 is 11.9 Å². The van der Waals surface area contributed by atoms with E-state index in [1.807, 2.05) is 12.1 Å². The van der Waals surface area contributed by atoms with Crippen molar-refractivity contribution in [3.8, 4) is 5.75 Å². The molecule has 38 heavy (non-hydrogen) atoms. The molecule has 0 amide bonds. The van der Waals surface area contributed by atoms with E-state index in [-0.39, 0.29) is 24.8 Å². The van der Waals surface area contributed by atoms with Crippen molar-refractivity contribution < 1.29 is 33.3 Å². The SMILES string of the molecule is CCCCCCCO[C@@H]1[C@H]2Cc3cccc(OCC(=O)OC)c3C[C@H]2C[C@H]1OC(=O)CCN1CCOCC1. The predicted octanol–water partition coefficient (Wildman–Crippen LogP) is 3.96. The van der Waals surface area contributed by atoms with E-state index in [1.54, 1.807) is 0 Å². The fraction of sp³-hybridized carbons (Fsp3) is 0.733. The quantitative estimate of drug-likeness (QED) is 0.264. The van der Waals surface area contributed by atoms with E-state index >= 15 is 0 Å². The van der Waals surface area contributed by atoms with Gasteiger partial charge in [0, 0.05) is 26.2 Å². The normalized spacial score (nSPS) is 24.9.